The number of anilines is 2. The van der Waals surface area contributed by atoms with Crippen molar-refractivity contribution in [2.24, 2.45) is 5.41 Å². The van der Waals surface area contributed by atoms with E-state index < -0.39 is 0 Å². The first-order chi connectivity index (χ1) is 13.5. The van der Waals surface area contributed by atoms with Crippen LogP contribution in [0, 0.1) is 5.41 Å². The van der Waals surface area contributed by atoms with Gasteiger partial charge in [0.25, 0.3) is 5.91 Å². The molecule has 1 amide bonds. The van der Waals surface area contributed by atoms with Gasteiger partial charge in [0.05, 0.1) is 11.4 Å². The predicted octanol–water partition coefficient (Wildman–Crippen LogP) is 4.80. The van der Waals surface area contributed by atoms with Gasteiger partial charge in [0.15, 0.2) is 0 Å². The number of hydrogen-bond acceptors (Lipinski definition) is 4. The molecule has 2 fully saturated rings. The average molecular weight is 396 g/mol. The van der Waals surface area contributed by atoms with Gasteiger partial charge >= 0.3 is 0 Å². The molecule has 4 rings (SSSR count). The van der Waals surface area contributed by atoms with Gasteiger partial charge in [-0.2, -0.15) is 0 Å². The summed E-state index contributed by atoms with van der Waals surface area (Å²) in [7, 11) is 0. The molecule has 1 aliphatic carbocycles. The number of nitrogen functional groups attached to an aromatic ring is 1. The highest BCUT2D eigenvalue weighted by Gasteiger charge is 2.39. The van der Waals surface area contributed by atoms with Crippen LogP contribution < -0.4 is 15.8 Å². The third-order valence-corrected chi connectivity index (χ3v) is 5.87. The van der Waals surface area contributed by atoms with E-state index in [4.69, 9.17) is 10.5 Å². The second-order valence-corrected chi connectivity index (χ2v) is 8.47. The number of likely N-dealkylation sites (tertiary alicyclic amines) is 1. The molecule has 1 saturated heterocycles. The van der Waals surface area contributed by atoms with Crippen molar-refractivity contribution in [1.29, 1.82) is 0 Å². The zero-order chi connectivity index (χ0) is 19.6. The van der Waals surface area contributed by atoms with Gasteiger partial charge in [0, 0.05) is 25.2 Å². The summed E-state index contributed by atoms with van der Waals surface area (Å²) in [5.74, 6) is 0.648. The fourth-order valence-electron chi connectivity index (χ4n) is 3.78. The number of benzene rings is 2. The van der Waals surface area contributed by atoms with Crippen LogP contribution in [0.25, 0.3) is 0 Å². The summed E-state index contributed by atoms with van der Waals surface area (Å²) in [6.07, 6.45) is 5.13. The maximum absolute atomic E-state index is 12.4. The summed E-state index contributed by atoms with van der Waals surface area (Å²) in [6.45, 7) is 5.84. The minimum atomic E-state index is -0.175. The van der Waals surface area contributed by atoms with Crippen molar-refractivity contribution in [3.63, 3.8) is 0 Å². The Morgan fingerprint density at radius 3 is 2.41 bits per heavy atom. The monoisotopic (exact) mass is 395 g/mol. The first-order valence-corrected chi connectivity index (χ1v) is 10.2. The molecular formula is C24H33N3O2. The quantitative estimate of drug-likeness (QED) is 0.690. The van der Waals surface area contributed by atoms with Gasteiger partial charge in [-0.15, -0.1) is 0 Å². The van der Waals surface area contributed by atoms with E-state index >= 15 is 0 Å². The third-order valence-electron chi connectivity index (χ3n) is 5.87. The lowest BCUT2D eigenvalue weighted by atomic mass is 10.0. The summed E-state index contributed by atoms with van der Waals surface area (Å²) in [4.78, 5) is 15.0. The fraction of sp³-hybridized carbons (Fsp3) is 0.458. The van der Waals surface area contributed by atoms with E-state index in [0.29, 0.717) is 22.4 Å². The molecular weight excluding hydrogens is 362 g/mol. The zero-order valence-electron chi connectivity index (χ0n) is 16.5. The van der Waals surface area contributed by atoms with Crippen LogP contribution in [0.4, 0.5) is 11.4 Å². The van der Waals surface area contributed by atoms with Gasteiger partial charge in [-0.3, -0.25) is 4.79 Å². The Hall–Kier alpha value is -2.53. The van der Waals surface area contributed by atoms with E-state index in [1.54, 1.807) is 24.3 Å². The number of carbonyl (C=O) groups is 1. The van der Waals surface area contributed by atoms with Crippen molar-refractivity contribution in [1.82, 2.24) is 4.90 Å². The van der Waals surface area contributed by atoms with Gasteiger partial charge in [-0.05, 0) is 67.5 Å². The Morgan fingerprint density at radius 2 is 1.79 bits per heavy atom. The second-order valence-electron chi connectivity index (χ2n) is 8.47. The maximum atomic E-state index is 12.4. The topological polar surface area (TPSA) is 67.6 Å². The largest absolute Gasteiger partial charge is 0.490 e. The van der Waals surface area contributed by atoms with Crippen molar-refractivity contribution in [2.75, 3.05) is 30.7 Å². The molecule has 29 heavy (non-hydrogen) atoms. The molecule has 0 bridgehead atoms. The minimum absolute atomic E-state index is 0. The first-order valence-electron chi connectivity index (χ1n) is 10.2. The Balaban J connectivity index is 0.00000240. The smallest absolute Gasteiger partial charge is 0.255 e. The highest BCUT2D eigenvalue weighted by molar-refractivity contribution is 6.05. The summed E-state index contributed by atoms with van der Waals surface area (Å²) in [6, 6.07) is 14.6. The summed E-state index contributed by atoms with van der Waals surface area (Å²) < 4.78 is 6.14. The van der Waals surface area contributed by atoms with Gasteiger partial charge in [0.1, 0.15) is 11.9 Å². The third kappa shape index (κ3) is 5.51. The Labute approximate surface area is 174 Å². The lowest BCUT2D eigenvalue weighted by Gasteiger charge is -2.33. The molecule has 0 unspecified atom stereocenters. The lowest BCUT2D eigenvalue weighted by molar-refractivity contribution is 0.0901. The van der Waals surface area contributed by atoms with Crippen LogP contribution in [0.2, 0.25) is 0 Å². The normalized spacial score (nSPS) is 18.5. The van der Waals surface area contributed by atoms with E-state index in [2.05, 4.69) is 17.1 Å². The molecule has 0 spiro atoms. The highest BCUT2D eigenvalue weighted by atomic mass is 16.5. The Bertz CT molecular complexity index is 822. The standard InChI is InChI=1S/C23H29N3O2.CH4/c1-23(12-13-23)16-26-14-10-19(11-15-26)28-18-8-6-17(7-9-18)22(27)25-21-5-3-2-4-20(21)24;/h2-9,19H,10-16,24H2,1H3,(H,25,27);1H4. The molecule has 1 aliphatic heterocycles. The van der Waals surface area contributed by atoms with E-state index in [-0.39, 0.29) is 19.4 Å². The molecule has 5 nitrogen and oxygen atoms in total. The molecule has 0 aromatic heterocycles. The number of ether oxygens (including phenoxy) is 1. The molecule has 2 aromatic rings. The summed E-state index contributed by atoms with van der Waals surface area (Å²) in [5, 5.41) is 2.85. The number of carbonyl (C=O) groups excluding carboxylic acids is 1. The molecule has 156 valence electrons. The lowest BCUT2D eigenvalue weighted by Crippen LogP contribution is -2.40. The molecule has 2 aliphatic rings. The van der Waals surface area contributed by atoms with E-state index in [1.807, 2.05) is 24.3 Å². The fourth-order valence-corrected chi connectivity index (χ4v) is 3.78. The van der Waals surface area contributed by atoms with Crippen molar-refractivity contribution in [3.05, 3.63) is 54.1 Å². The molecule has 5 heteroatoms. The van der Waals surface area contributed by atoms with Crippen LogP contribution in [0.3, 0.4) is 0 Å². The van der Waals surface area contributed by atoms with E-state index in [9.17, 15) is 4.79 Å². The number of nitrogens with one attached hydrogen (secondary N) is 1. The number of hydrogen-bond donors (Lipinski definition) is 2. The van der Waals surface area contributed by atoms with Crippen molar-refractivity contribution in [2.45, 2.75) is 46.1 Å². The summed E-state index contributed by atoms with van der Waals surface area (Å²) in [5.41, 5.74) is 8.23. The van der Waals surface area contributed by atoms with Crippen LogP contribution in [0.15, 0.2) is 48.5 Å². The maximum Gasteiger partial charge on any atom is 0.255 e. The van der Waals surface area contributed by atoms with Gasteiger partial charge in [0.2, 0.25) is 0 Å². The van der Waals surface area contributed by atoms with Crippen LogP contribution in [0.1, 0.15) is 50.4 Å². The Kier molecular flexibility index (Phi) is 6.48. The predicted molar refractivity (Wildman–Crippen MR) is 119 cm³/mol. The van der Waals surface area contributed by atoms with Gasteiger partial charge in [-0.25, -0.2) is 0 Å². The van der Waals surface area contributed by atoms with Crippen LogP contribution >= 0.6 is 0 Å². The van der Waals surface area contributed by atoms with Gasteiger partial charge in [-0.1, -0.05) is 26.5 Å². The second kappa shape index (κ2) is 8.87. The number of para-hydroxylation sites is 2. The molecule has 1 saturated carbocycles. The minimum Gasteiger partial charge on any atom is -0.490 e. The zero-order valence-corrected chi connectivity index (χ0v) is 16.5. The van der Waals surface area contributed by atoms with E-state index in [1.165, 1.54) is 19.4 Å². The van der Waals surface area contributed by atoms with Crippen molar-refractivity contribution < 1.29 is 9.53 Å². The molecule has 0 atom stereocenters. The number of piperidine rings is 1. The highest BCUT2D eigenvalue weighted by Crippen LogP contribution is 2.45. The number of nitrogens with two attached hydrogens (primary N) is 1. The number of rotatable bonds is 6. The molecule has 1 heterocycles. The Morgan fingerprint density at radius 1 is 1.14 bits per heavy atom. The summed E-state index contributed by atoms with van der Waals surface area (Å²) >= 11 is 0. The van der Waals surface area contributed by atoms with Crippen molar-refractivity contribution in [3.8, 4) is 5.75 Å². The van der Waals surface area contributed by atoms with Crippen LogP contribution in [-0.4, -0.2) is 36.5 Å². The SMILES string of the molecule is C.CC1(CN2CCC(Oc3ccc(C(=O)Nc4ccccc4N)cc3)CC2)CC1. The van der Waals surface area contributed by atoms with Crippen molar-refractivity contribution >= 4 is 17.3 Å². The number of nitrogens with zero attached hydrogens (tertiary/aromatic N) is 1. The average Bonchev–Trinajstić information content (AvgIpc) is 3.42. The van der Waals surface area contributed by atoms with Crippen LogP contribution in [-0.2, 0) is 0 Å². The van der Waals surface area contributed by atoms with Crippen LogP contribution in [0.5, 0.6) is 5.75 Å². The van der Waals surface area contributed by atoms with E-state index in [0.717, 1.165) is 31.7 Å². The molecule has 2 aromatic carbocycles. The van der Waals surface area contributed by atoms with Gasteiger partial charge < -0.3 is 20.7 Å². The molecule has 0 radical (unpaired) electrons. The molecule has 3 N–H and O–H groups in total. The number of amides is 1. The first kappa shape index (κ1) is 21.2.